The van der Waals surface area contributed by atoms with Gasteiger partial charge in [0.25, 0.3) is 0 Å². The number of hydrogen-bond acceptors (Lipinski definition) is 2. The van der Waals surface area contributed by atoms with Crippen LogP contribution in [0.2, 0.25) is 5.02 Å². The Bertz CT molecular complexity index is 395. The van der Waals surface area contributed by atoms with Crippen molar-refractivity contribution in [3.8, 4) is 0 Å². The Morgan fingerprint density at radius 2 is 2.33 bits per heavy atom. The Morgan fingerprint density at radius 1 is 1.50 bits per heavy atom. The van der Waals surface area contributed by atoms with Gasteiger partial charge in [0.2, 0.25) is 0 Å². The van der Waals surface area contributed by atoms with Crippen molar-refractivity contribution < 1.29 is 4.39 Å². The van der Waals surface area contributed by atoms with E-state index in [0.717, 1.165) is 19.6 Å². The van der Waals surface area contributed by atoms with E-state index in [2.05, 4.69) is 17.1 Å². The topological polar surface area (TPSA) is 15.3 Å². The van der Waals surface area contributed by atoms with E-state index in [-0.39, 0.29) is 5.82 Å². The van der Waals surface area contributed by atoms with Gasteiger partial charge >= 0.3 is 0 Å². The molecule has 0 spiro atoms. The van der Waals surface area contributed by atoms with Crippen LogP contribution in [0.25, 0.3) is 0 Å². The second-order valence-electron chi connectivity index (χ2n) is 4.91. The number of nitrogens with one attached hydrogen (secondary N) is 1. The summed E-state index contributed by atoms with van der Waals surface area (Å²) >= 11 is 5.92. The number of hydrogen-bond donors (Lipinski definition) is 1. The molecule has 100 valence electrons. The summed E-state index contributed by atoms with van der Waals surface area (Å²) in [5.41, 5.74) is 0.694. The largest absolute Gasteiger partial charge is 0.311 e. The van der Waals surface area contributed by atoms with Crippen LogP contribution in [0, 0.1) is 5.82 Å². The fourth-order valence-corrected chi connectivity index (χ4v) is 2.68. The molecule has 0 radical (unpaired) electrons. The van der Waals surface area contributed by atoms with Gasteiger partial charge in [0.1, 0.15) is 5.82 Å². The van der Waals surface area contributed by atoms with Crippen molar-refractivity contribution in [3.05, 3.63) is 34.6 Å². The molecule has 4 heteroatoms. The molecule has 1 saturated heterocycles. The molecule has 2 rings (SSSR count). The van der Waals surface area contributed by atoms with E-state index in [1.54, 1.807) is 12.1 Å². The summed E-state index contributed by atoms with van der Waals surface area (Å²) in [4.78, 5) is 2.30. The van der Waals surface area contributed by atoms with Gasteiger partial charge in [-0.1, -0.05) is 24.9 Å². The minimum absolute atomic E-state index is 0.162. The summed E-state index contributed by atoms with van der Waals surface area (Å²) in [5, 5.41) is 4.10. The fourth-order valence-electron chi connectivity index (χ4n) is 2.49. The molecule has 0 bridgehead atoms. The number of rotatable bonds is 4. The lowest BCUT2D eigenvalue weighted by atomic mass is 10.1. The molecule has 1 aliphatic rings. The van der Waals surface area contributed by atoms with Gasteiger partial charge in [-0.05, 0) is 24.6 Å². The highest BCUT2D eigenvalue weighted by atomic mass is 35.5. The van der Waals surface area contributed by atoms with Crippen molar-refractivity contribution in [3.63, 3.8) is 0 Å². The first-order chi connectivity index (χ1) is 8.69. The summed E-state index contributed by atoms with van der Waals surface area (Å²) in [5.74, 6) is -0.162. The van der Waals surface area contributed by atoms with Gasteiger partial charge < -0.3 is 5.32 Å². The summed E-state index contributed by atoms with van der Waals surface area (Å²) in [7, 11) is 0. The average Bonchev–Trinajstić information content (AvgIpc) is 2.35. The van der Waals surface area contributed by atoms with Crippen LogP contribution in [0.5, 0.6) is 0 Å². The molecule has 0 aromatic heterocycles. The van der Waals surface area contributed by atoms with Crippen LogP contribution >= 0.6 is 11.6 Å². The molecule has 1 fully saturated rings. The third-order valence-electron chi connectivity index (χ3n) is 3.38. The van der Waals surface area contributed by atoms with E-state index in [1.165, 1.54) is 18.9 Å². The van der Waals surface area contributed by atoms with E-state index in [0.29, 0.717) is 23.2 Å². The summed E-state index contributed by atoms with van der Waals surface area (Å²) in [6.45, 7) is 5.77. The Hall–Kier alpha value is -0.640. The standard InChI is InChI=1S/C14H20ClFN2/c1-2-3-13-10-18(7-6-17-13)9-11-8-12(15)4-5-14(11)16/h4-5,8,13,17H,2-3,6-7,9-10H2,1H3. The maximum absolute atomic E-state index is 13.7. The van der Waals surface area contributed by atoms with Gasteiger partial charge in [0.05, 0.1) is 0 Å². The Labute approximate surface area is 113 Å². The predicted molar refractivity (Wildman–Crippen MR) is 73.4 cm³/mol. The molecule has 1 aromatic rings. The molecule has 1 heterocycles. The number of halogens is 2. The third-order valence-corrected chi connectivity index (χ3v) is 3.61. The summed E-state index contributed by atoms with van der Waals surface area (Å²) < 4.78 is 13.7. The second kappa shape index (κ2) is 6.50. The Kier molecular flexibility index (Phi) is 4.98. The van der Waals surface area contributed by atoms with Crippen LogP contribution < -0.4 is 5.32 Å². The monoisotopic (exact) mass is 270 g/mol. The first-order valence-electron chi connectivity index (χ1n) is 6.58. The lowest BCUT2D eigenvalue weighted by molar-refractivity contribution is 0.185. The van der Waals surface area contributed by atoms with Gasteiger partial charge in [-0.15, -0.1) is 0 Å². The smallest absolute Gasteiger partial charge is 0.127 e. The van der Waals surface area contributed by atoms with Crippen molar-refractivity contribution in [2.45, 2.75) is 32.4 Å². The molecule has 18 heavy (non-hydrogen) atoms. The van der Waals surface area contributed by atoms with Crippen LogP contribution in [0.1, 0.15) is 25.3 Å². The lowest BCUT2D eigenvalue weighted by Crippen LogP contribution is -2.50. The van der Waals surface area contributed by atoms with Gasteiger partial charge in [0.15, 0.2) is 0 Å². The quantitative estimate of drug-likeness (QED) is 0.905. The summed E-state index contributed by atoms with van der Waals surface area (Å²) in [6, 6.07) is 5.31. The molecule has 1 aliphatic heterocycles. The van der Waals surface area contributed by atoms with E-state index in [9.17, 15) is 4.39 Å². The van der Waals surface area contributed by atoms with Crippen molar-refractivity contribution in [2.24, 2.45) is 0 Å². The molecular formula is C14H20ClFN2. The van der Waals surface area contributed by atoms with Crippen LogP contribution in [0.4, 0.5) is 4.39 Å². The minimum atomic E-state index is -0.162. The fraction of sp³-hybridized carbons (Fsp3) is 0.571. The number of piperazine rings is 1. The molecule has 0 amide bonds. The van der Waals surface area contributed by atoms with Gasteiger partial charge in [-0.25, -0.2) is 4.39 Å². The SMILES string of the molecule is CCCC1CN(Cc2cc(Cl)ccc2F)CCN1. The van der Waals surface area contributed by atoms with E-state index in [4.69, 9.17) is 11.6 Å². The van der Waals surface area contributed by atoms with Crippen molar-refractivity contribution >= 4 is 11.6 Å². The van der Waals surface area contributed by atoms with Crippen LogP contribution in [0.15, 0.2) is 18.2 Å². The summed E-state index contributed by atoms with van der Waals surface area (Å²) in [6.07, 6.45) is 2.35. The van der Waals surface area contributed by atoms with Crippen molar-refractivity contribution in [2.75, 3.05) is 19.6 Å². The third kappa shape index (κ3) is 3.67. The first kappa shape index (κ1) is 13.8. The maximum Gasteiger partial charge on any atom is 0.127 e. The van der Waals surface area contributed by atoms with Crippen LogP contribution in [-0.2, 0) is 6.54 Å². The Balaban J connectivity index is 1.98. The maximum atomic E-state index is 13.7. The molecular weight excluding hydrogens is 251 g/mol. The van der Waals surface area contributed by atoms with Crippen LogP contribution in [-0.4, -0.2) is 30.6 Å². The highest BCUT2D eigenvalue weighted by Crippen LogP contribution is 2.17. The minimum Gasteiger partial charge on any atom is -0.311 e. The van der Waals surface area contributed by atoms with Gasteiger partial charge in [-0.2, -0.15) is 0 Å². The molecule has 1 aromatic carbocycles. The van der Waals surface area contributed by atoms with Crippen LogP contribution in [0.3, 0.4) is 0 Å². The lowest BCUT2D eigenvalue weighted by Gasteiger charge is -2.33. The normalized spacial score (nSPS) is 21.2. The second-order valence-corrected chi connectivity index (χ2v) is 5.35. The van der Waals surface area contributed by atoms with Gasteiger partial charge in [0, 0.05) is 42.8 Å². The van der Waals surface area contributed by atoms with Crippen molar-refractivity contribution in [1.29, 1.82) is 0 Å². The number of nitrogens with zero attached hydrogens (tertiary/aromatic N) is 1. The molecule has 1 atom stereocenters. The highest BCUT2D eigenvalue weighted by Gasteiger charge is 2.19. The average molecular weight is 271 g/mol. The zero-order chi connectivity index (χ0) is 13.0. The number of benzene rings is 1. The van der Waals surface area contributed by atoms with E-state index >= 15 is 0 Å². The zero-order valence-electron chi connectivity index (χ0n) is 10.8. The molecule has 0 saturated carbocycles. The van der Waals surface area contributed by atoms with E-state index < -0.39 is 0 Å². The van der Waals surface area contributed by atoms with E-state index in [1.807, 2.05) is 0 Å². The highest BCUT2D eigenvalue weighted by molar-refractivity contribution is 6.30. The molecule has 1 unspecified atom stereocenters. The zero-order valence-corrected chi connectivity index (χ0v) is 11.5. The molecule has 1 N–H and O–H groups in total. The first-order valence-corrected chi connectivity index (χ1v) is 6.96. The van der Waals surface area contributed by atoms with Crippen molar-refractivity contribution in [1.82, 2.24) is 10.2 Å². The van der Waals surface area contributed by atoms with Gasteiger partial charge in [-0.3, -0.25) is 4.90 Å². The predicted octanol–water partition coefficient (Wildman–Crippen LogP) is 3.05. The molecule has 0 aliphatic carbocycles. The molecule has 2 nitrogen and oxygen atoms in total. The Morgan fingerprint density at radius 3 is 3.11 bits per heavy atom.